The Hall–Kier alpha value is -2.83. The number of amides is 1. The van der Waals surface area contributed by atoms with Crippen molar-refractivity contribution in [2.24, 2.45) is 0 Å². The van der Waals surface area contributed by atoms with Crippen LogP contribution in [0.15, 0.2) is 57.7 Å². The van der Waals surface area contributed by atoms with Gasteiger partial charge in [0.05, 0.1) is 6.61 Å². The lowest BCUT2D eigenvalue weighted by atomic mass is 10.1. The van der Waals surface area contributed by atoms with Crippen LogP contribution in [0.5, 0.6) is 0 Å². The molecule has 1 aromatic heterocycles. The van der Waals surface area contributed by atoms with E-state index in [2.05, 4.69) is 10.2 Å². The molecule has 0 atom stereocenters. The number of nitrogens with zero attached hydrogens (tertiary/aromatic N) is 1. The molecule has 156 valence electrons. The molecule has 0 radical (unpaired) electrons. The quantitative estimate of drug-likeness (QED) is 0.527. The predicted octanol–water partition coefficient (Wildman–Crippen LogP) is 5.18. The lowest BCUT2D eigenvalue weighted by Gasteiger charge is -2.23. The van der Waals surface area contributed by atoms with Gasteiger partial charge in [-0.3, -0.25) is 10.2 Å². The SMILES string of the molecule is CCOC(=O)Nc1ccc2c(CN(Cc3ccc(Cl)cc3)C3CC3)cc(=O)oc2c1. The van der Waals surface area contributed by atoms with Crippen LogP contribution in [-0.4, -0.2) is 23.6 Å². The highest BCUT2D eigenvalue weighted by molar-refractivity contribution is 6.30. The fourth-order valence-corrected chi connectivity index (χ4v) is 3.65. The van der Waals surface area contributed by atoms with Gasteiger partial charge < -0.3 is 9.15 Å². The summed E-state index contributed by atoms with van der Waals surface area (Å²) in [5.74, 6) is 0. The van der Waals surface area contributed by atoms with Crippen molar-refractivity contribution in [2.45, 2.75) is 38.9 Å². The van der Waals surface area contributed by atoms with Crippen LogP contribution in [0.4, 0.5) is 10.5 Å². The van der Waals surface area contributed by atoms with Crippen molar-refractivity contribution in [2.75, 3.05) is 11.9 Å². The van der Waals surface area contributed by atoms with E-state index in [1.165, 1.54) is 5.56 Å². The third kappa shape index (κ3) is 5.01. The van der Waals surface area contributed by atoms with E-state index in [4.69, 9.17) is 20.8 Å². The highest BCUT2D eigenvalue weighted by Gasteiger charge is 2.29. The molecule has 0 spiro atoms. The number of benzene rings is 2. The van der Waals surface area contributed by atoms with Gasteiger partial charge in [-0.1, -0.05) is 23.7 Å². The van der Waals surface area contributed by atoms with E-state index in [1.54, 1.807) is 25.1 Å². The first-order valence-corrected chi connectivity index (χ1v) is 10.4. The Labute approximate surface area is 179 Å². The Bertz CT molecular complexity index is 1110. The average Bonchev–Trinajstić information content (AvgIpc) is 3.54. The highest BCUT2D eigenvalue weighted by atomic mass is 35.5. The fourth-order valence-electron chi connectivity index (χ4n) is 3.52. The number of ether oxygens (including phenoxy) is 1. The zero-order valence-electron chi connectivity index (χ0n) is 16.7. The lowest BCUT2D eigenvalue weighted by Crippen LogP contribution is -2.25. The van der Waals surface area contributed by atoms with Crippen molar-refractivity contribution in [3.05, 3.63) is 75.1 Å². The van der Waals surface area contributed by atoms with E-state index in [9.17, 15) is 9.59 Å². The molecule has 4 rings (SSSR count). The smallest absolute Gasteiger partial charge is 0.411 e. The molecule has 2 aromatic carbocycles. The van der Waals surface area contributed by atoms with Gasteiger partial charge in [-0.2, -0.15) is 0 Å². The van der Waals surface area contributed by atoms with Crippen molar-refractivity contribution in [1.82, 2.24) is 4.90 Å². The highest BCUT2D eigenvalue weighted by Crippen LogP contribution is 2.31. The number of fused-ring (bicyclic) bond motifs is 1. The largest absolute Gasteiger partial charge is 0.450 e. The molecule has 1 aliphatic carbocycles. The molecule has 7 heteroatoms. The molecule has 0 bridgehead atoms. The maximum atomic E-state index is 12.2. The first-order chi connectivity index (χ1) is 14.5. The van der Waals surface area contributed by atoms with Gasteiger partial charge in [0.25, 0.3) is 0 Å². The van der Waals surface area contributed by atoms with E-state index in [-0.39, 0.29) is 6.61 Å². The summed E-state index contributed by atoms with van der Waals surface area (Å²) in [7, 11) is 0. The molecule has 0 unspecified atom stereocenters. The molecule has 1 amide bonds. The number of hydrogen-bond donors (Lipinski definition) is 1. The molecule has 1 heterocycles. The average molecular weight is 427 g/mol. The van der Waals surface area contributed by atoms with Crippen LogP contribution in [-0.2, 0) is 17.8 Å². The van der Waals surface area contributed by atoms with E-state index in [0.717, 1.165) is 35.4 Å². The number of halogens is 1. The van der Waals surface area contributed by atoms with Crippen LogP contribution in [0.2, 0.25) is 5.02 Å². The minimum atomic E-state index is -0.543. The third-order valence-electron chi connectivity index (χ3n) is 5.09. The summed E-state index contributed by atoms with van der Waals surface area (Å²) in [6, 6.07) is 15.2. The molecular weight excluding hydrogens is 404 g/mol. The Kier molecular flexibility index (Phi) is 6.06. The molecule has 1 fully saturated rings. The van der Waals surface area contributed by atoms with Gasteiger partial charge in [0.2, 0.25) is 0 Å². The maximum Gasteiger partial charge on any atom is 0.411 e. The van der Waals surface area contributed by atoms with Crippen molar-refractivity contribution >= 4 is 34.4 Å². The topological polar surface area (TPSA) is 71.8 Å². The van der Waals surface area contributed by atoms with E-state index in [1.807, 2.05) is 30.3 Å². The van der Waals surface area contributed by atoms with Crippen LogP contribution in [0, 0.1) is 0 Å². The van der Waals surface area contributed by atoms with Gasteiger partial charge in [-0.05, 0) is 55.2 Å². The minimum Gasteiger partial charge on any atom is -0.450 e. The standard InChI is InChI=1S/C23H23ClN2O4/c1-2-29-23(28)25-18-7-10-20-16(11-22(27)30-21(20)12-18)14-26(19-8-9-19)13-15-3-5-17(24)6-4-15/h3-7,10-12,19H,2,8-9,13-14H2,1H3,(H,25,28). The number of nitrogens with one attached hydrogen (secondary N) is 1. The predicted molar refractivity (Wildman–Crippen MR) is 117 cm³/mol. The lowest BCUT2D eigenvalue weighted by molar-refractivity contribution is 0.168. The molecule has 1 N–H and O–H groups in total. The number of hydrogen-bond acceptors (Lipinski definition) is 5. The Morgan fingerprint density at radius 3 is 2.63 bits per heavy atom. The monoisotopic (exact) mass is 426 g/mol. The summed E-state index contributed by atoms with van der Waals surface area (Å²) in [5, 5.41) is 4.21. The van der Waals surface area contributed by atoms with Crippen molar-refractivity contribution in [3.63, 3.8) is 0 Å². The Morgan fingerprint density at radius 2 is 1.93 bits per heavy atom. The van der Waals surface area contributed by atoms with Gasteiger partial charge in [-0.25, -0.2) is 9.59 Å². The summed E-state index contributed by atoms with van der Waals surface area (Å²) in [6.07, 6.45) is 1.76. The summed E-state index contributed by atoms with van der Waals surface area (Å²) in [5.41, 5.74) is 2.63. The first kappa shape index (κ1) is 20.4. The number of anilines is 1. The molecule has 0 aliphatic heterocycles. The summed E-state index contributed by atoms with van der Waals surface area (Å²) >= 11 is 6.00. The molecule has 30 heavy (non-hydrogen) atoms. The molecule has 0 saturated heterocycles. The maximum absolute atomic E-state index is 12.2. The number of carbonyl (C=O) groups is 1. The van der Waals surface area contributed by atoms with Gasteiger partial charge in [-0.15, -0.1) is 0 Å². The molecule has 6 nitrogen and oxygen atoms in total. The van der Waals surface area contributed by atoms with Crippen LogP contribution in [0.3, 0.4) is 0 Å². The van der Waals surface area contributed by atoms with Crippen molar-refractivity contribution in [3.8, 4) is 0 Å². The van der Waals surface area contributed by atoms with Gasteiger partial charge >= 0.3 is 11.7 Å². The summed E-state index contributed by atoms with van der Waals surface area (Å²) in [4.78, 5) is 26.2. The first-order valence-electron chi connectivity index (χ1n) is 10.0. The second-order valence-electron chi connectivity index (χ2n) is 7.41. The van der Waals surface area contributed by atoms with Gasteiger partial charge in [0.15, 0.2) is 0 Å². The molecular formula is C23H23ClN2O4. The Morgan fingerprint density at radius 1 is 1.17 bits per heavy atom. The second-order valence-corrected chi connectivity index (χ2v) is 7.85. The van der Waals surface area contributed by atoms with Crippen LogP contribution in [0.25, 0.3) is 11.0 Å². The summed E-state index contributed by atoms with van der Waals surface area (Å²) < 4.78 is 10.3. The zero-order chi connectivity index (χ0) is 21.1. The van der Waals surface area contributed by atoms with Crippen LogP contribution < -0.4 is 10.9 Å². The zero-order valence-corrected chi connectivity index (χ0v) is 17.4. The van der Waals surface area contributed by atoms with E-state index in [0.29, 0.717) is 23.9 Å². The summed E-state index contributed by atoms with van der Waals surface area (Å²) in [6.45, 7) is 3.44. The number of carbonyl (C=O) groups excluding carboxylic acids is 1. The molecule has 1 aliphatic rings. The second kappa shape index (κ2) is 8.90. The van der Waals surface area contributed by atoms with Crippen molar-refractivity contribution < 1.29 is 13.9 Å². The van der Waals surface area contributed by atoms with Crippen molar-refractivity contribution in [1.29, 1.82) is 0 Å². The minimum absolute atomic E-state index is 0.281. The Balaban J connectivity index is 1.59. The van der Waals surface area contributed by atoms with Gasteiger partial charge in [0, 0.05) is 47.4 Å². The van der Waals surface area contributed by atoms with Crippen LogP contribution in [0.1, 0.15) is 30.9 Å². The fraction of sp³-hybridized carbons (Fsp3) is 0.304. The van der Waals surface area contributed by atoms with E-state index >= 15 is 0 Å². The third-order valence-corrected chi connectivity index (χ3v) is 5.34. The molecule has 1 saturated carbocycles. The number of rotatable bonds is 7. The van der Waals surface area contributed by atoms with E-state index < -0.39 is 11.7 Å². The van der Waals surface area contributed by atoms with Gasteiger partial charge in [0.1, 0.15) is 5.58 Å². The van der Waals surface area contributed by atoms with Crippen LogP contribution >= 0.6 is 11.6 Å². The normalized spacial score (nSPS) is 13.6. The molecule has 3 aromatic rings.